The minimum Gasteiger partial charge on any atom is -0.399 e. The number of nitrogens with one attached hydrogen (secondary N) is 1. The van der Waals surface area contributed by atoms with Crippen LogP contribution in [0.2, 0.25) is 0 Å². The molecule has 0 spiro atoms. The molecule has 2 aromatic carbocycles. The standard InChI is InChI=1S/C15H14N4/c16-12-6-8-13(9-7-12)17-15-10-11-19(18-15)14-4-2-1-3-5-14/h1-11H,16H2,(H,17,18). The van der Waals surface area contributed by atoms with Crippen LogP contribution in [0.3, 0.4) is 0 Å². The van der Waals surface area contributed by atoms with Crippen LogP contribution in [0.25, 0.3) is 5.69 Å². The van der Waals surface area contributed by atoms with Crippen molar-refractivity contribution in [3.63, 3.8) is 0 Å². The lowest BCUT2D eigenvalue weighted by molar-refractivity contribution is 0.884. The van der Waals surface area contributed by atoms with E-state index in [1.54, 1.807) is 0 Å². The minimum atomic E-state index is 0.750. The first kappa shape index (κ1) is 11.3. The zero-order valence-corrected chi connectivity index (χ0v) is 10.3. The summed E-state index contributed by atoms with van der Waals surface area (Å²) < 4.78 is 1.83. The normalized spacial score (nSPS) is 10.3. The minimum absolute atomic E-state index is 0.750. The molecule has 4 heteroatoms. The summed E-state index contributed by atoms with van der Waals surface area (Å²) in [6.07, 6.45) is 1.93. The van der Waals surface area contributed by atoms with Gasteiger partial charge in [0.05, 0.1) is 5.69 Å². The van der Waals surface area contributed by atoms with Gasteiger partial charge in [-0.25, -0.2) is 4.68 Å². The van der Waals surface area contributed by atoms with Gasteiger partial charge in [-0.1, -0.05) is 18.2 Å². The lowest BCUT2D eigenvalue weighted by atomic mass is 10.3. The van der Waals surface area contributed by atoms with Crippen molar-refractivity contribution in [2.24, 2.45) is 0 Å². The molecule has 0 fully saturated rings. The van der Waals surface area contributed by atoms with Gasteiger partial charge >= 0.3 is 0 Å². The van der Waals surface area contributed by atoms with E-state index in [1.807, 2.05) is 71.5 Å². The van der Waals surface area contributed by atoms with Crippen molar-refractivity contribution in [1.29, 1.82) is 0 Å². The molecule has 3 rings (SSSR count). The number of rotatable bonds is 3. The van der Waals surface area contributed by atoms with Gasteiger partial charge in [0.15, 0.2) is 5.82 Å². The van der Waals surface area contributed by atoms with Crippen LogP contribution in [0.1, 0.15) is 0 Å². The van der Waals surface area contributed by atoms with Crippen molar-refractivity contribution in [2.45, 2.75) is 0 Å². The van der Waals surface area contributed by atoms with E-state index in [0.29, 0.717) is 0 Å². The lowest BCUT2D eigenvalue weighted by Crippen LogP contribution is -1.96. The maximum Gasteiger partial charge on any atom is 0.152 e. The average Bonchev–Trinajstić information content (AvgIpc) is 2.91. The quantitative estimate of drug-likeness (QED) is 0.702. The zero-order valence-electron chi connectivity index (χ0n) is 10.3. The van der Waals surface area contributed by atoms with E-state index in [2.05, 4.69) is 10.4 Å². The van der Waals surface area contributed by atoms with Gasteiger partial charge in [-0.2, -0.15) is 5.10 Å². The van der Waals surface area contributed by atoms with Gasteiger partial charge in [0.2, 0.25) is 0 Å². The summed E-state index contributed by atoms with van der Waals surface area (Å²) in [6.45, 7) is 0. The third-order valence-electron chi connectivity index (χ3n) is 2.79. The number of anilines is 3. The predicted molar refractivity (Wildman–Crippen MR) is 77.7 cm³/mol. The van der Waals surface area contributed by atoms with Crippen LogP contribution in [-0.4, -0.2) is 9.78 Å². The fraction of sp³-hybridized carbons (Fsp3) is 0. The molecule has 1 aromatic heterocycles. The van der Waals surface area contributed by atoms with Crippen LogP contribution < -0.4 is 11.1 Å². The Balaban J connectivity index is 1.80. The fourth-order valence-electron chi connectivity index (χ4n) is 1.83. The number of nitrogens with two attached hydrogens (primary N) is 1. The number of benzene rings is 2. The number of hydrogen-bond acceptors (Lipinski definition) is 3. The van der Waals surface area contributed by atoms with Crippen molar-refractivity contribution >= 4 is 17.2 Å². The van der Waals surface area contributed by atoms with Crippen LogP contribution in [-0.2, 0) is 0 Å². The van der Waals surface area contributed by atoms with E-state index in [4.69, 9.17) is 5.73 Å². The van der Waals surface area contributed by atoms with Gasteiger partial charge < -0.3 is 11.1 Å². The van der Waals surface area contributed by atoms with Gasteiger partial charge in [0.1, 0.15) is 0 Å². The Bertz CT molecular complexity index is 656. The Morgan fingerprint density at radius 1 is 0.895 bits per heavy atom. The molecule has 0 amide bonds. The Hall–Kier alpha value is -2.75. The average molecular weight is 250 g/mol. The van der Waals surface area contributed by atoms with Crippen molar-refractivity contribution in [2.75, 3.05) is 11.1 Å². The Labute approximate surface area is 111 Å². The van der Waals surface area contributed by atoms with Gasteiger partial charge in [-0.3, -0.25) is 0 Å². The highest BCUT2D eigenvalue weighted by molar-refractivity contribution is 5.59. The highest BCUT2D eigenvalue weighted by Crippen LogP contribution is 2.17. The van der Waals surface area contributed by atoms with Crippen molar-refractivity contribution in [3.05, 3.63) is 66.9 Å². The zero-order chi connectivity index (χ0) is 13.1. The Morgan fingerprint density at radius 3 is 2.37 bits per heavy atom. The Morgan fingerprint density at radius 2 is 1.63 bits per heavy atom. The second kappa shape index (κ2) is 4.86. The van der Waals surface area contributed by atoms with E-state index in [1.165, 1.54) is 0 Å². The number of hydrogen-bond donors (Lipinski definition) is 2. The van der Waals surface area contributed by atoms with Crippen LogP contribution in [0, 0.1) is 0 Å². The van der Waals surface area contributed by atoms with Crippen molar-refractivity contribution < 1.29 is 0 Å². The van der Waals surface area contributed by atoms with Crippen molar-refractivity contribution in [3.8, 4) is 5.69 Å². The molecule has 19 heavy (non-hydrogen) atoms. The first-order valence-corrected chi connectivity index (χ1v) is 6.05. The summed E-state index contributed by atoms with van der Waals surface area (Å²) in [7, 11) is 0. The fourth-order valence-corrected chi connectivity index (χ4v) is 1.83. The maximum absolute atomic E-state index is 5.65. The number of para-hydroxylation sites is 1. The van der Waals surface area contributed by atoms with Crippen LogP contribution in [0.5, 0.6) is 0 Å². The molecule has 0 aliphatic rings. The molecule has 1 heterocycles. The Kier molecular flexibility index (Phi) is 2.90. The molecule has 0 radical (unpaired) electrons. The van der Waals surface area contributed by atoms with Crippen molar-refractivity contribution in [1.82, 2.24) is 9.78 Å². The number of nitrogens with zero attached hydrogens (tertiary/aromatic N) is 2. The monoisotopic (exact) mass is 250 g/mol. The molecule has 0 saturated carbocycles. The largest absolute Gasteiger partial charge is 0.399 e. The lowest BCUT2D eigenvalue weighted by Gasteiger charge is -2.03. The first-order chi connectivity index (χ1) is 9.31. The van der Waals surface area contributed by atoms with E-state index in [0.717, 1.165) is 22.9 Å². The molecule has 94 valence electrons. The molecule has 0 aliphatic heterocycles. The van der Waals surface area contributed by atoms with Crippen LogP contribution in [0.15, 0.2) is 66.9 Å². The second-order valence-electron chi connectivity index (χ2n) is 4.23. The smallest absolute Gasteiger partial charge is 0.152 e. The third-order valence-corrected chi connectivity index (χ3v) is 2.79. The molecule has 0 aliphatic carbocycles. The molecule has 3 N–H and O–H groups in total. The van der Waals surface area contributed by atoms with Gasteiger partial charge in [-0.15, -0.1) is 0 Å². The molecule has 0 saturated heterocycles. The molecule has 4 nitrogen and oxygen atoms in total. The highest BCUT2D eigenvalue weighted by atomic mass is 15.3. The van der Waals surface area contributed by atoms with Crippen LogP contribution >= 0.6 is 0 Å². The molecular weight excluding hydrogens is 236 g/mol. The predicted octanol–water partition coefficient (Wildman–Crippen LogP) is 3.20. The summed E-state index contributed by atoms with van der Waals surface area (Å²) in [5.41, 5.74) is 8.40. The van der Waals surface area contributed by atoms with Crippen LogP contribution in [0.4, 0.5) is 17.2 Å². The molecule has 0 bridgehead atoms. The SMILES string of the molecule is Nc1ccc(Nc2ccn(-c3ccccc3)n2)cc1. The van der Waals surface area contributed by atoms with E-state index >= 15 is 0 Å². The molecule has 0 atom stereocenters. The third kappa shape index (κ3) is 2.57. The first-order valence-electron chi connectivity index (χ1n) is 6.05. The second-order valence-corrected chi connectivity index (χ2v) is 4.23. The number of nitrogen functional groups attached to an aromatic ring is 1. The van der Waals surface area contributed by atoms with Gasteiger partial charge in [0.25, 0.3) is 0 Å². The summed E-state index contributed by atoms with van der Waals surface area (Å²) in [5, 5.41) is 7.71. The summed E-state index contributed by atoms with van der Waals surface area (Å²) >= 11 is 0. The highest BCUT2D eigenvalue weighted by Gasteiger charge is 2.01. The number of aromatic nitrogens is 2. The van der Waals surface area contributed by atoms with Gasteiger partial charge in [-0.05, 0) is 36.4 Å². The van der Waals surface area contributed by atoms with E-state index < -0.39 is 0 Å². The van der Waals surface area contributed by atoms with E-state index in [9.17, 15) is 0 Å². The maximum atomic E-state index is 5.65. The summed E-state index contributed by atoms with van der Waals surface area (Å²) in [5.74, 6) is 0.800. The summed E-state index contributed by atoms with van der Waals surface area (Å²) in [6, 6.07) is 19.5. The van der Waals surface area contributed by atoms with E-state index in [-0.39, 0.29) is 0 Å². The van der Waals surface area contributed by atoms with Gasteiger partial charge in [0, 0.05) is 23.6 Å². The molecular formula is C15H14N4. The summed E-state index contributed by atoms with van der Waals surface area (Å²) in [4.78, 5) is 0. The molecule has 0 unspecified atom stereocenters. The molecule has 3 aromatic rings. The topological polar surface area (TPSA) is 55.9 Å².